The lowest BCUT2D eigenvalue weighted by Crippen LogP contribution is -2.05. The Morgan fingerprint density at radius 3 is 2.60 bits per heavy atom. The molecule has 0 radical (unpaired) electrons. The summed E-state index contributed by atoms with van der Waals surface area (Å²) in [5, 5.41) is 4.27. The van der Waals surface area contributed by atoms with Crippen molar-refractivity contribution in [3.63, 3.8) is 0 Å². The van der Waals surface area contributed by atoms with Crippen molar-refractivity contribution in [2.45, 2.75) is 19.8 Å². The SMILES string of the molecule is CCOc1ccccc1NCCCc1ccccc1Cl. The minimum absolute atomic E-state index is 0.679. The van der Waals surface area contributed by atoms with Crippen LogP contribution in [-0.2, 0) is 6.42 Å². The molecule has 2 aromatic rings. The van der Waals surface area contributed by atoms with Gasteiger partial charge in [0.1, 0.15) is 5.75 Å². The van der Waals surface area contributed by atoms with E-state index < -0.39 is 0 Å². The fourth-order valence-corrected chi connectivity index (χ4v) is 2.33. The molecule has 0 aliphatic carbocycles. The Balaban J connectivity index is 1.83. The second-order valence-corrected chi connectivity index (χ2v) is 4.96. The summed E-state index contributed by atoms with van der Waals surface area (Å²) in [7, 11) is 0. The van der Waals surface area contributed by atoms with Crippen LogP contribution >= 0.6 is 11.6 Å². The Labute approximate surface area is 125 Å². The molecule has 2 rings (SSSR count). The van der Waals surface area contributed by atoms with Gasteiger partial charge in [-0.3, -0.25) is 0 Å². The molecule has 0 amide bonds. The van der Waals surface area contributed by atoms with Gasteiger partial charge in [-0.15, -0.1) is 0 Å². The van der Waals surface area contributed by atoms with Crippen molar-refractivity contribution in [2.75, 3.05) is 18.5 Å². The van der Waals surface area contributed by atoms with Gasteiger partial charge in [-0.1, -0.05) is 41.9 Å². The molecule has 1 N–H and O–H groups in total. The molecule has 0 aliphatic heterocycles. The number of anilines is 1. The van der Waals surface area contributed by atoms with Gasteiger partial charge in [0.25, 0.3) is 0 Å². The first-order chi connectivity index (χ1) is 9.81. The third-order valence-electron chi connectivity index (χ3n) is 3.08. The third kappa shape index (κ3) is 4.17. The van der Waals surface area contributed by atoms with Gasteiger partial charge in [-0.25, -0.2) is 0 Å². The van der Waals surface area contributed by atoms with E-state index in [0.29, 0.717) is 6.61 Å². The Morgan fingerprint density at radius 2 is 1.80 bits per heavy atom. The second kappa shape index (κ2) is 7.81. The summed E-state index contributed by atoms with van der Waals surface area (Å²) < 4.78 is 5.59. The van der Waals surface area contributed by atoms with Crippen molar-refractivity contribution in [2.24, 2.45) is 0 Å². The van der Waals surface area contributed by atoms with E-state index in [9.17, 15) is 0 Å². The number of benzene rings is 2. The minimum Gasteiger partial charge on any atom is -0.492 e. The molecule has 2 aromatic carbocycles. The molecule has 0 bridgehead atoms. The predicted octanol–water partition coefficient (Wildman–Crippen LogP) is 4.78. The van der Waals surface area contributed by atoms with E-state index in [4.69, 9.17) is 16.3 Å². The lowest BCUT2D eigenvalue weighted by Gasteiger charge is -2.12. The van der Waals surface area contributed by atoms with E-state index >= 15 is 0 Å². The van der Waals surface area contributed by atoms with Gasteiger partial charge in [0.05, 0.1) is 12.3 Å². The van der Waals surface area contributed by atoms with Gasteiger partial charge in [-0.2, -0.15) is 0 Å². The molecule has 0 aromatic heterocycles. The van der Waals surface area contributed by atoms with Gasteiger partial charge < -0.3 is 10.1 Å². The number of rotatable bonds is 7. The van der Waals surface area contributed by atoms with E-state index in [1.807, 2.05) is 49.4 Å². The summed E-state index contributed by atoms with van der Waals surface area (Å²) in [6.45, 7) is 3.57. The number of ether oxygens (including phenoxy) is 1. The van der Waals surface area contributed by atoms with Crippen LogP contribution in [0.15, 0.2) is 48.5 Å². The second-order valence-electron chi connectivity index (χ2n) is 4.55. The third-order valence-corrected chi connectivity index (χ3v) is 3.45. The lowest BCUT2D eigenvalue weighted by atomic mass is 10.1. The zero-order valence-corrected chi connectivity index (χ0v) is 12.5. The molecule has 20 heavy (non-hydrogen) atoms. The van der Waals surface area contributed by atoms with Crippen LogP contribution in [0.5, 0.6) is 5.75 Å². The van der Waals surface area contributed by atoms with Crippen LogP contribution in [0.4, 0.5) is 5.69 Å². The van der Waals surface area contributed by atoms with Crippen molar-refractivity contribution >= 4 is 17.3 Å². The largest absolute Gasteiger partial charge is 0.492 e. The highest BCUT2D eigenvalue weighted by Gasteiger charge is 2.02. The fourth-order valence-electron chi connectivity index (χ4n) is 2.10. The number of hydrogen-bond donors (Lipinski definition) is 1. The maximum atomic E-state index is 6.15. The number of aryl methyl sites for hydroxylation is 1. The molecule has 0 spiro atoms. The molecular weight excluding hydrogens is 270 g/mol. The van der Waals surface area contributed by atoms with Gasteiger partial charge in [-0.05, 0) is 43.5 Å². The summed E-state index contributed by atoms with van der Waals surface area (Å²) in [6, 6.07) is 16.0. The molecule has 0 aliphatic rings. The van der Waals surface area contributed by atoms with Gasteiger partial charge in [0.15, 0.2) is 0 Å². The average Bonchev–Trinajstić information content (AvgIpc) is 2.47. The molecule has 2 nitrogen and oxygen atoms in total. The highest BCUT2D eigenvalue weighted by Crippen LogP contribution is 2.23. The summed E-state index contributed by atoms with van der Waals surface area (Å²) >= 11 is 6.15. The van der Waals surface area contributed by atoms with Crippen molar-refractivity contribution in [1.82, 2.24) is 0 Å². The average molecular weight is 290 g/mol. The van der Waals surface area contributed by atoms with Crippen LogP contribution in [0.3, 0.4) is 0 Å². The van der Waals surface area contributed by atoms with E-state index in [0.717, 1.165) is 35.8 Å². The van der Waals surface area contributed by atoms with Gasteiger partial charge in [0.2, 0.25) is 0 Å². The van der Waals surface area contributed by atoms with Gasteiger partial charge in [0, 0.05) is 11.6 Å². The highest BCUT2D eigenvalue weighted by molar-refractivity contribution is 6.31. The number of nitrogens with one attached hydrogen (secondary N) is 1. The monoisotopic (exact) mass is 289 g/mol. The standard InChI is InChI=1S/C17H20ClNO/c1-2-20-17-12-6-5-11-16(17)19-13-7-9-14-8-3-4-10-15(14)18/h3-6,8,10-12,19H,2,7,9,13H2,1H3. The molecule has 0 fully saturated rings. The van der Waals surface area contributed by atoms with Crippen LogP contribution in [-0.4, -0.2) is 13.2 Å². The molecular formula is C17H20ClNO. The molecule has 3 heteroatoms. The molecule has 0 heterocycles. The normalized spacial score (nSPS) is 10.3. The van der Waals surface area contributed by atoms with Crippen LogP contribution in [0.2, 0.25) is 5.02 Å². The maximum absolute atomic E-state index is 6.15. The Morgan fingerprint density at radius 1 is 1.05 bits per heavy atom. The topological polar surface area (TPSA) is 21.3 Å². The molecule has 0 unspecified atom stereocenters. The van der Waals surface area contributed by atoms with Crippen molar-refractivity contribution in [1.29, 1.82) is 0 Å². The number of halogens is 1. The van der Waals surface area contributed by atoms with Crippen LogP contribution in [0.1, 0.15) is 18.9 Å². The highest BCUT2D eigenvalue weighted by atomic mass is 35.5. The summed E-state index contributed by atoms with van der Waals surface area (Å²) in [5.74, 6) is 0.910. The molecule has 0 saturated carbocycles. The zero-order valence-electron chi connectivity index (χ0n) is 11.7. The van der Waals surface area contributed by atoms with E-state index in [1.165, 1.54) is 5.56 Å². The number of hydrogen-bond acceptors (Lipinski definition) is 2. The van der Waals surface area contributed by atoms with Crippen molar-refractivity contribution in [3.05, 3.63) is 59.1 Å². The lowest BCUT2D eigenvalue weighted by molar-refractivity contribution is 0.341. The molecule has 0 saturated heterocycles. The zero-order chi connectivity index (χ0) is 14.2. The summed E-state index contributed by atoms with van der Waals surface area (Å²) in [6.07, 6.45) is 2.01. The van der Waals surface area contributed by atoms with E-state index in [1.54, 1.807) is 0 Å². The Kier molecular flexibility index (Phi) is 5.75. The predicted molar refractivity (Wildman–Crippen MR) is 85.9 cm³/mol. The van der Waals surface area contributed by atoms with E-state index in [2.05, 4.69) is 11.4 Å². The molecule has 106 valence electrons. The quantitative estimate of drug-likeness (QED) is 0.740. The summed E-state index contributed by atoms with van der Waals surface area (Å²) in [5.41, 5.74) is 2.25. The van der Waals surface area contributed by atoms with Gasteiger partial charge >= 0.3 is 0 Å². The van der Waals surface area contributed by atoms with Crippen LogP contribution < -0.4 is 10.1 Å². The van der Waals surface area contributed by atoms with Crippen LogP contribution in [0.25, 0.3) is 0 Å². The summed E-state index contributed by atoms with van der Waals surface area (Å²) in [4.78, 5) is 0. The minimum atomic E-state index is 0.679. The first-order valence-corrected chi connectivity index (χ1v) is 7.38. The maximum Gasteiger partial charge on any atom is 0.142 e. The smallest absolute Gasteiger partial charge is 0.142 e. The molecule has 0 atom stereocenters. The first-order valence-electron chi connectivity index (χ1n) is 7.00. The fraction of sp³-hybridized carbons (Fsp3) is 0.294. The Hall–Kier alpha value is -1.67. The van der Waals surface area contributed by atoms with Crippen molar-refractivity contribution < 1.29 is 4.74 Å². The van der Waals surface area contributed by atoms with Crippen LogP contribution in [0, 0.1) is 0 Å². The van der Waals surface area contributed by atoms with E-state index in [-0.39, 0.29) is 0 Å². The number of para-hydroxylation sites is 2. The van der Waals surface area contributed by atoms with Crippen molar-refractivity contribution in [3.8, 4) is 5.75 Å². The first kappa shape index (κ1) is 14.7. The Bertz CT molecular complexity index is 542.